The molecule has 0 N–H and O–H groups in total. The van der Waals surface area contributed by atoms with Crippen LogP contribution >= 0.6 is 0 Å². The Kier molecular flexibility index (Phi) is 4.90. The van der Waals surface area contributed by atoms with Gasteiger partial charge in [0.1, 0.15) is 7.85 Å². The standard InChI is InChI=1S/C23H31B/c1-5-16(6-2)17-9-11-21-18(13-17)14-19-15-20(10-12-22(19)21)23(24,7-3)8-4/h9-13,15-16H,5-8,14,24H2,1-4H3. The number of fused-ring (bicyclic) bond motifs is 3. The molecule has 3 rings (SSSR count). The Morgan fingerprint density at radius 2 is 1.46 bits per heavy atom. The number of rotatable bonds is 6. The molecule has 0 radical (unpaired) electrons. The van der Waals surface area contributed by atoms with Crippen LogP contribution in [0.25, 0.3) is 11.1 Å². The highest BCUT2D eigenvalue weighted by atomic mass is 14.3. The van der Waals surface area contributed by atoms with Crippen LogP contribution in [0.2, 0.25) is 0 Å². The summed E-state index contributed by atoms with van der Waals surface area (Å²) >= 11 is 0. The van der Waals surface area contributed by atoms with Crippen LogP contribution in [0.4, 0.5) is 0 Å². The fraction of sp³-hybridized carbons (Fsp3) is 0.478. The molecule has 0 bridgehead atoms. The van der Waals surface area contributed by atoms with Crippen molar-refractivity contribution in [3.8, 4) is 11.1 Å². The van der Waals surface area contributed by atoms with E-state index < -0.39 is 0 Å². The summed E-state index contributed by atoms with van der Waals surface area (Å²) in [6.45, 7) is 9.23. The van der Waals surface area contributed by atoms with Gasteiger partial charge in [-0.2, -0.15) is 0 Å². The summed E-state index contributed by atoms with van der Waals surface area (Å²) in [5, 5.41) is 0.310. The third-order valence-corrected chi connectivity index (χ3v) is 6.62. The van der Waals surface area contributed by atoms with Gasteiger partial charge in [0, 0.05) is 0 Å². The van der Waals surface area contributed by atoms with Gasteiger partial charge in [0.05, 0.1) is 0 Å². The zero-order valence-corrected chi connectivity index (χ0v) is 16.1. The average molecular weight is 318 g/mol. The van der Waals surface area contributed by atoms with E-state index in [-0.39, 0.29) is 0 Å². The predicted molar refractivity (Wildman–Crippen MR) is 109 cm³/mol. The molecule has 0 nitrogen and oxygen atoms in total. The molecule has 1 aliphatic carbocycles. The molecule has 1 heteroatoms. The number of benzene rings is 2. The summed E-state index contributed by atoms with van der Waals surface area (Å²) in [5.74, 6) is 0.707. The molecule has 1 aliphatic rings. The molecule has 0 spiro atoms. The first-order valence-corrected chi connectivity index (χ1v) is 9.82. The summed E-state index contributed by atoms with van der Waals surface area (Å²) in [4.78, 5) is 0. The SMILES string of the molecule is BC(CC)(CC)c1ccc2c(c1)Cc1cc(C(CC)CC)ccc1-2. The van der Waals surface area contributed by atoms with E-state index in [9.17, 15) is 0 Å². The Morgan fingerprint density at radius 1 is 0.875 bits per heavy atom. The minimum Gasteiger partial charge on any atom is -0.0652 e. The lowest BCUT2D eigenvalue weighted by atomic mass is 9.60. The molecule has 0 unspecified atom stereocenters. The summed E-state index contributed by atoms with van der Waals surface area (Å²) in [7, 11) is 2.40. The van der Waals surface area contributed by atoms with Gasteiger partial charge < -0.3 is 0 Å². The van der Waals surface area contributed by atoms with Gasteiger partial charge in [0.15, 0.2) is 0 Å². The van der Waals surface area contributed by atoms with Gasteiger partial charge in [0.2, 0.25) is 0 Å². The first kappa shape index (κ1) is 17.3. The van der Waals surface area contributed by atoms with E-state index in [2.05, 4.69) is 71.9 Å². The van der Waals surface area contributed by atoms with E-state index in [1.807, 2.05) is 0 Å². The van der Waals surface area contributed by atoms with Gasteiger partial charge in [-0.25, -0.2) is 0 Å². The zero-order valence-electron chi connectivity index (χ0n) is 16.1. The molecule has 2 aromatic carbocycles. The first-order valence-electron chi connectivity index (χ1n) is 9.82. The van der Waals surface area contributed by atoms with E-state index >= 15 is 0 Å². The molecule has 0 aliphatic heterocycles. The second kappa shape index (κ2) is 6.79. The van der Waals surface area contributed by atoms with Crippen LogP contribution in [0.15, 0.2) is 36.4 Å². The molecule has 0 amide bonds. The summed E-state index contributed by atoms with van der Waals surface area (Å²) < 4.78 is 0. The smallest absolute Gasteiger partial charge is 0.0652 e. The van der Waals surface area contributed by atoms with Crippen LogP contribution in [0.5, 0.6) is 0 Å². The Hall–Kier alpha value is -1.50. The highest BCUT2D eigenvalue weighted by Gasteiger charge is 2.26. The molecule has 24 heavy (non-hydrogen) atoms. The van der Waals surface area contributed by atoms with E-state index in [1.54, 1.807) is 0 Å². The predicted octanol–water partition coefficient (Wildman–Crippen LogP) is 5.81. The van der Waals surface area contributed by atoms with E-state index in [4.69, 9.17) is 0 Å². The largest absolute Gasteiger partial charge is 0.115 e. The molecule has 0 saturated heterocycles. The molecule has 0 aromatic heterocycles. The van der Waals surface area contributed by atoms with Gasteiger partial charge in [0.25, 0.3) is 0 Å². The lowest BCUT2D eigenvalue weighted by molar-refractivity contribution is 0.564. The minimum absolute atomic E-state index is 0.310. The van der Waals surface area contributed by atoms with Crippen molar-refractivity contribution >= 4 is 7.85 Å². The third-order valence-electron chi connectivity index (χ3n) is 6.62. The molecular weight excluding hydrogens is 287 g/mol. The lowest BCUT2D eigenvalue weighted by Gasteiger charge is -2.28. The Labute approximate surface area is 149 Å². The van der Waals surface area contributed by atoms with Crippen molar-refractivity contribution in [3.05, 3.63) is 58.7 Å². The van der Waals surface area contributed by atoms with Crippen LogP contribution in [0.1, 0.15) is 81.5 Å². The van der Waals surface area contributed by atoms with Gasteiger partial charge >= 0.3 is 0 Å². The maximum absolute atomic E-state index is 2.49. The number of hydrogen-bond donors (Lipinski definition) is 0. The Balaban J connectivity index is 1.97. The van der Waals surface area contributed by atoms with Crippen molar-refractivity contribution in [1.29, 1.82) is 0 Å². The van der Waals surface area contributed by atoms with Crippen LogP contribution in [0, 0.1) is 0 Å². The average Bonchev–Trinajstić information content (AvgIpc) is 2.99. The van der Waals surface area contributed by atoms with Crippen molar-refractivity contribution in [2.24, 2.45) is 0 Å². The zero-order chi connectivity index (χ0) is 17.3. The van der Waals surface area contributed by atoms with Crippen molar-refractivity contribution in [2.75, 3.05) is 0 Å². The fourth-order valence-corrected chi connectivity index (χ4v) is 4.28. The third kappa shape index (κ3) is 2.83. The van der Waals surface area contributed by atoms with Crippen LogP contribution in [-0.4, -0.2) is 7.85 Å². The van der Waals surface area contributed by atoms with Crippen molar-refractivity contribution in [1.82, 2.24) is 0 Å². The maximum Gasteiger partial charge on any atom is 0.115 e. The van der Waals surface area contributed by atoms with E-state index in [1.165, 1.54) is 59.1 Å². The molecule has 0 fully saturated rings. The van der Waals surface area contributed by atoms with Crippen molar-refractivity contribution in [2.45, 2.75) is 71.0 Å². The highest BCUT2D eigenvalue weighted by molar-refractivity contribution is 6.16. The minimum atomic E-state index is 0.310. The summed E-state index contributed by atoms with van der Waals surface area (Å²) in [6.07, 6.45) is 5.98. The highest BCUT2D eigenvalue weighted by Crippen LogP contribution is 2.41. The molecule has 126 valence electrons. The quantitative estimate of drug-likeness (QED) is 0.503. The van der Waals surface area contributed by atoms with E-state index in [0.29, 0.717) is 11.2 Å². The maximum atomic E-state index is 2.49. The van der Waals surface area contributed by atoms with Crippen molar-refractivity contribution < 1.29 is 0 Å². The van der Waals surface area contributed by atoms with E-state index in [0.717, 1.165) is 6.42 Å². The second-order valence-electron chi connectivity index (χ2n) is 7.75. The molecular formula is C23H31B. The second-order valence-corrected chi connectivity index (χ2v) is 7.75. The summed E-state index contributed by atoms with van der Waals surface area (Å²) in [6, 6.07) is 14.4. The normalized spacial score (nSPS) is 13.2. The Morgan fingerprint density at radius 3 is 2.04 bits per heavy atom. The monoisotopic (exact) mass is 318 g/mol. The molecule has 0 atom stereocenters. The van der Waals surface area contributed by atoms with Crippen LogP contribution in [-0.2, 0) is 11.7 Å². The van der Waals surface area contributed by atoms with Crippen LogP contribution in [0.3, 0.4) is 0 Å². The van der Waals surface area contributed by atoms with Crippen LogP contribution < -0.4 is 0 Å². The molecule has 0 heterocycles. The number of hydrogen-bond acceptors (Lipinski definition) is 0. The van der Waals surface area contributed by atoms with Gasteiger partial charge in [-0.1, -0.05) is 76.9 Å². The van der Waals surface area contributed by atoms with Gasteiger partial charge in [-0.05, 0) is 63.9 Å². The van der Waals surface area contributed by atoms with Gasteiger partial charge in [-0.3, -0.25) is 0 Å². The Bertz CT molecular complexity index is 721. The van der Waals surface area contributed by atoms with Gasteiger partial charge in [-0.15, -0.1) is 0 Å². The molecule has 2 aromatic rings. The topological polar surface area (TPSA) is 0 Å². The first-order chi connectivity index (χ1) is 11.6. The summed E-state index contributed by atoms with van der Waals surface area (Å²) in [5.41, 5.74) is 9.01. The fourth-order valence-electron chi connectivity index (χ4n) is 4.28. The molecule has 0 saturated carbocycles. The van der Waals surface area contributed by atoms with Crippen molar-refractivity contribution in [3.63, 3.8) is 0 Å². The lowest BCUT2D eigenvalue weighted by Crippen LogP contribution is -2.24.